The molecule has 0 amide bonds. The Labute approximate surface area is 183 Å². The van der Waals surface area contributed by atoms with Gasteiger partial charge in [-0.3, -0.25) is 0 Å². The number of aromatic nitrogens is 3. The van der Waals surface area contributed by atoms with Gasteiger partial charge in [-0.1, -0.05) is 27.7 Å². The first-order valence-electron chi connectivity index (χ1n) is 10.6. The molecule has 2 aliphatic rings. The standard InChI is InChI=1S/C21H34N6O4/c1-19(2,7-5-9-22)15-28-10-21(11-29-15)12-30-16(31-13-21)20(3,4)8-6-14-25-17(23)27-18(24)26-14/h15-16H,5-8,10-13H2,1-4H3,(H4,23,24,25,26,27). The van der Waals surface area contributed by atoms with Gasteiger partial charge in [0.05, 0.1) is 37.9 Å². The molecular weight excluding hydrogens is 400 g/mol. The summed E-state index contributed by atoms with van der Waals surface area (Å²) in [5.41, 5.74) is 10.5. The largest absolute Gasteiger partial charge is 0.368 e. The summed E-state index contributed by atoms with van der Waals surface area (Å²) < 4.78 is 24.3. The molecule has 2 saturated heterocycles. The SMILES string of the molecule is CC(C)(CCC#N)C1OCC2(CO1)COC(C(C)(C)CCc1nc(N)nc(N)n1)OC2. The molecule has 0 bridgehead atoms. The summed E-state index contributed by atoms with van der Waals surface area (Å²) in [7, 11) is 0. The molecule has 4 N–H and O–H groups in total. The first kappa shape index (κ1) is 23.6. The number of nitriles is 1. The number of anilines is 2. The van der Waals surface area contributed by atoms with E-state index in [1.54, 1.807) is 0 Å². The van der Waals surface area contributed by atoms with Crippen molar-refractivity contribution in [3.63, 3.8) is 0 Å². The van der Waals surface area contributed by atoms with Crippen molar-refractivity contribution < 1.29 is 18.9 Å². The molecule has 3 heterocycles. The smallest absolute Gasteiger partial charge is 0.225 e. The zero-order valence-electron chi connectivity index (χ0n) is 18.9. The van der Waals surface area contributed by atoms with E-state index in [2.05, 4.69) is 48.7 Å². The molecule has 1 spiro atoms. The van der Waals surface area contributed by atoms with Crippen LogP contribution in [0.1, 0.15) is 52.8 Å². The highest BCUT2D eigenvalue weighted by atomic mass is 16.7. The van der Waals surface area contributed by atoms with Crippen molar-refractivity contribution in [2.45, 2.75) is 66.0 Å². The summed E-state index contributed by atoms with van der Waals surface area (Å²) in [5.74, 6) is 0.808. The lowest BCUT2D eigenvalue weighted by molar-refractivity contribution is -0.334. The van der Waals surface area contributed by atoms with Crippen molar-refractivity contribution in [1.82, 2.24) is 15.0 Å². The van der Waals surface area contributed by atoms with Crippen molar-refractivity contribution in [2.24, 2.45) is 16.2 Å². The van der Waals surface area contributed by atoms with Crippen LogP contribution < -0.4 is 11.5 Å². The Balaban J connectivity index is 1.50. The first-order chi connectivity index (χ1) is 14.6. The Morgan fingerprint density at radius 1 is 0.871 bits per heavy atom. The van der Waals surface area contributed by atoms with Gasteiger partial charge in [0.25, 0.3) is 0 Å². The quantitative estimate of drug-likeness (QED) is 0.652. The maximum absolute atomic E-state index is 8.86. The highest BCUT2D eigenvalue weighted by molar-refractivity contribution is 5.25. The molecule has 2 aliphatic heterocycles. The van der Waals surface area contributed by atoms with E-state index in [-0.39, 0.29) is 40.7 Å². The monoisotopic (exact) mass is 434 g/mol. The van der Waals surface area contributed by atoms with Crippen LogP contribution in [0, 0.1) is 27.6 Å². The van der Waals surface area contributed by atoms with Gasteiger partial charge in [-0.25, -0.2) is 0 Å². The number of rotatable bonds is 7. The Bertz CT molecular complexity index is 771. The molecule has 10 nitrogen and oxygen atoms in total. The summed E-state index contributed by atoms with van der Waals surface area (Å²) in [5, 5.41) is 8.86. The Kier molecular flexibility index (Phi) is 7.01. The topological polar surface area (TPSA) is 151 Å². The molecule has 172 valence electrons. The average Bonchev–Trinajstić information content (AvgIpc) is 2.71. The van der Waals surface area contributed by atoms with Crippen molar-refractivity contribution in [2.75, 3.05) is 37.9 Å². The number of hydrogen-bond acceptors (Lipinski definition) is 10. The molecular formula is C21H34N6O4. The third-order valence-electron chi connectivity index (χ3n) is 6.03. The fourth-order valence-corrected chi connectivity index (χ4v) is 3.87. The number of hydrogen-bond donors (Lipinski definition) is 2. The lowest BCUT2D eigenvalue weighted by atomic mass is 9.83. The van der Waals surface area contributed by atoms with Crippen LogP contribution in [0.15, 0.2) is 0 Å². The van der Waals surface area contributed by atoms with Gasteiger partial charge in [0, 0.05) is 23.7 Å². The molecule has 10 heteroatoms. The minimum absolute atomic E-state index is 0.124. The van der Waals surface area contributed by atoms with E-state index < -0.39 is 0 Å². The zero-order valence-corrected chi connectivity index (χ0v) is 18.9. The van der Waals surface area contributed by atoms with Crippen LogP contribution in [-0.2, 0) is 25.4 Å². The molecule has 0 aromatic carbocycles. The maximum atomic E-state index is 8.86. The summed E-state index contributed by atoms with van der Waals surface area (Å²) in [6.07, 6.45) is 1.83. The highest BCUT2D eigenvalue weighted by Gasteiger charge is 2.47. The molecule has 1 aromatic heterocycles. The van der Waals surface area contributed by atoms with Gasteiger partial charge < -0.3 is 30.4 Å². The van der Waals surface area contributed by atoms with E-state index in [4.69, 9.17) is 35.7 Å². The van der Waals surface area contributed by atoms with Crippen LogP contribution >= 0.6 is 0 Å². The lowest BCUT2D eigenvalue weighted by Gasteiger charge is -2.48. The van der Waals surface area contributed by atoms with Crippen LogP contribution in [0.3, 0.4) is 0 Å². The van der Waals surface area contributed by atoms with Gasteiger partial charge in [0.2, 0.25) is 11.9 Å². The van der Waals surface area contributed by atoms with Crippen molar-refractivity contribution >= 4 is 11.9 Å². The van der Waals surface area contributed by atoms with Crippen LogP contribution in [0.25, 0.3) is 0 Å². The van der Waals surface area contributed by atoms with E-state index in [9.17, 15) is 0 Å². The highest BCUT2D eigenvalue weighted by Crippen LogP contribution is 2.40. The van der Waals surface area contributed by atoms with E-state index in [0.717, 1.165) is 12.8 Å². The predicted molar refractivity (Wildman–Crippen MR) is 113 cm³/mol. The van der Waals surface area contributed by atoms with Crippen LogP contribution in [0.4, 0.5) is 11.9 Å². The second-order valence-electron chi connectivity index (χ2n) is 10.0. The fraction of sp³-hybridized carbons (Fsp3) is 0.810. The number of nitrogens with zero attached hydrogens (tertiary/aromatic N) is 4. The Morgan fingerprint density at radius 3 is 1.77 bits per heavy atom. The molecule has 0 unspecified atom stereocenters. The second-order valence-corrected chi connectivity index (χ2v) is 10.0. The summed E-state index contributed by atoms with van der Waals surface area (Å²) in [6, 6.07) is 2.19. The zero-order chi connectivity index (χ0) is 22.7. The molecule has 0 aliphatic carbocycles. The Morgan fingerprint density at radius 2 is 1.32 bits per heavy atom. The van der Waals surface area contributed by atoms with Crippen LogP contribution in [0.2, 0.25) is 0 Å². The predicted octanol–water partition coefficient (Wildman–Crippen LogP) is 2.06. The molecule has 0 saturated carbocycles. The van der Waals surface area contributed by atoms with Gasteiger partial charge in [0.15, 0.2) is 12.6 Å². The van der Waals surface area contributed by atoms with Crippen molar-refractivity contribution in [3.8, 4) is 6.07 Å². The van der Waals surface area contributed by atoms with Gasteiger partial charge >= 0.3 is 0 Å². The summed E-state index contributed by atoms with van der Waals surface area (Å²) in [6.45, 7) is 10.3. The maximum Gasteiger partial charge on any atom is 0.225 e. The van der Waals surface area contributed by atoms with E-state index in [1.165, 1.54) is 0 Å². The van der Waals surface area contributed by atoms with E-state index in [1.807, 2.05) is 0 Å². The number of aryl methyl sites for hydroxylation is 1. The number of nitrogens with two attached hydrogens (primary N) is 2. The molecule has 2 fully saturated rings. The van der Waals surface area contributed by atoms with Gasteiger partial charge in [0.1, 0.15) is 5.82 Å². The molecule has 31 heavy (non-hydrogen) atoms. The van der Waals surface area contributed by atoms with Crippen molar-refractivity contribution in [3.05, 3.63) is 5.82 Å². The van der Waals surface area contributed by atoms with Gasteiger partial charge in [-0.15, -0.1) is 0 Å². The fourth-order valence-electron chi connectivity index (χ4n) is 3.87. The van der Waals surface area contributed by atoms with E-state index >= 15 is 0 Å². The minimum Gasteiger partial charge on any atom is -0.368 e. The summed E-state index contributed by atoms with van der Waals surface area (Å²) >= 11 is 0. The summed E-state index contributed by atoms with van der Waals surface area (Å²) in [4.78, 5) is 12.1. The van der Waals surface area contributed by atoms with Gasteiger partial charge in [-0.05, 0) is 12.8 Å². The normalized spacial score (nSPS) is 27.2. The lowest BCUT2D eigenvalue weighted by Crippen LogP contribution is -2.56. The van der Waals surface area contributed by atoms with Crippen LogP contribution in [-0.4, -0.2) is 54.0 Å². The molecule has 0 radical (unpaired) electrons. The molecule has 0 atom stereocenters. The number of nitrogen functional groups attached to an aromatic ring is 2. The minimum atomic E-state index is -0.362. The van der Waals surface area contributed by atoms with E-state index in [0.29, 0.717) is 45.1 Å². The molecule has 1 aromatic rings. The Hall–Kier alpha value is -2.06. The van der Waals surface area contributed by atoms with Crippen LogP contribution in [0.5, 0.6) is 0 Å². The first-order valence-corrected chi connectivity index (χ1v) is 10.6. The third kappa shape index (κ3) is 5.80. The average molecular weight is 435 g/mol. The van der Waals surface area contributed by atoms with Gasteiger partial charge in [-0.2, -0.15) is 20.2 Å². The third-order valence-corrected chi connectivity index (χ3v) is 6.03. The second kappa shape index (κ2) is 9.20. The molecule has 3 rings (SSSR count). The number of ether oxygens (including phenoxy) is 4. The van der Waals surface area contributed by atoms with Crippen molar-refractivity contribution in [1.29, 1.82) is 5.26 Å².